The lowest BCUT2D eigenvalue weighted by atomic mass is 9.72. The summed E-state index contributed by atoms with van der Waals surface area (Å²) in [5.74, 6) is 1.28. The van der Waals surface area contributed by atoms with Gasteiger partial charge in [0.2, 0.25) is 11.7 Å². The number of likely N-dealkylation sites (tertiary alicyclic amines) is 1. The van der Waals surface area contributed by atoms with Crippen molar-refractivity contribution >= 4 is 24.2 Å². The summed E-state index contributed by atoms with van der Waals surface area (Å²) < 4.78 is 16.4. The molecule has 1 unspecified atom stereocenters. The number of hydrogen-bond acceptors (Lipinski definition) is 7. The molecular formula is C33H41ClN4O5. The van der Waals surface area contributed by atoms with Crippen LogP contribution in [-0.2, 0) is 15.6 Å². The molecule has 2 amide bonds. The van der Waals surface area contributed by atoms with Crippen LogP contribution >= 0.6 is 12.4 Å². The van der Waals surface area contributed by atoms with Crippen molar-refractivity contribution in [1.82, 2.24) is 20.5 Å². The van der Waals surface area contributed by atoms with Gasteiger partial charge >= 0.3 is 0 Å². The molecule has 3 aromatic rings. The topological polar surface area (TPSA) is 102 Å². The van der Waals surface area contributed by atoms with Gasteiger partial charge in [-0.25, -0.2) is 0 Å². The first kappa shape index (κ1) is 32.1. The number of hydrogen-bond donors (Lipinski definition) is 2. The normalized spacial score (nSPS) is 19.2. The van der Waals surface area contributed by atoms with E-state index in [4.69, 9.17) is 14.2 Å². The number of aromatic nitrogens is 1. The van der Waals surface area contributed by atoms with E-state index in [1.54, 1.807) is 18.3 Å². The van der Waals surface area contributed by atoms with Crippen LogP contribution < -0.4 is 24.8 Å². The fourth-order valence-corrected chi connectivity index (χ4v) is 6.54. The number of nitrogens with zero attached hydrogens (tertiary/aromatic N) is 2. The maximum atomic E-state index is 13.8. The third kappa shape index (κ3) is 6.43. The molecule has 0 aliphatic carbocycles. The van der Waals surface area contributed by atoms with Crippen molar-refractivity contribution in [2.75, 3.05) is 54.1 Å². The molecule has 2 aromatic carbocycles. The number of methoxy groups -OCH3 is 3. The molecule has 43 heavy (non-hydrogen) atoms. The number of piperidine rings is 1. The van der Waals surface area contributed by atoms with E-state index >= 15 is 0 Å². The molecule has 5 rings (SSSR count). The summed E-state index contributed by atoms with van der Waals surface area (Å²) in [5, 5.41) is 6.69. The first-order valence-corrected chi connectivity index (χ1v) is 14.5. The maximum Gasteiger partial charge on any atom is 0.254 e. The molecule has 3 heterocycles. The number of carbonyl (C=O) groups is 2. The van der Waals surface area contributed by atoms with Gasteiger partial charge in [-0.15, -0.1) is 12.4 Å². The van der Waals surface area contributed by atoms with Crippen LogP contribution in [0.3, 0.4) is 0 Å². The standard InChI is InChI=1S/C33H40N4O5.ClH/c1-40-27-20-24(21-28(41-2)29(27)42-3)30(38)37-19-14-32(23-37,26-10-7-15-35-22-26)11-18-36-31(39)33(12-16-34-17-13-33)25-8-5-4-6-9-25;/h4-10,15,20-22,34H,11-14,16-19,23H2,1-3H3,(H,36,39);1H. The highest BCUT2D eigenvalue weighted by Crippen LogP contribution is 2.41. The van der Waals surface area contributed by atoms with Crippen LogP contribution in [0.2, 0.25) is 0 Å². The van der Waals surface area contributed by atoms with Crippen LogP contribution in [0.25, 0.3) is 0 Å². The van der Waals surface area contributed by atoms with Crippen LogP contribution in [-0.4, -0.2) is 75.8 Å². The number of halogens is 1. The first-order valence-electron chi connectivity index (χ1n) is 14.5. The Balaban J connectivity index is 0.00000423. The second-order valence-corrected chi connectivity index (χ2v) is 11.1. The smallest absolute Gasteiger partial charge is 0.254 e. The van der Waals surface area contributed by atoms with Crippen LogP contribution in [0, 0.1) is 0 Å². The van der Waals surface area contributed by atoms with E-state index in [-0.39, 0.29) is 29.6 Å². The number of rotatable bonds is 10. The zero-order valence-corrected chi connectivity index (χ0v) is 25.9. The van der Waals surface area contributed by atoms with Crippen molar-refractivity contribution in [3.05, 3.63) is 83.7 Å². The lowest BCUT2D eigenvalue weighted by Gasteiger charge is -2.37. The van der Waals surface area contributed by atoms with Gasteiger partial charge in [0, 0.05) is 43.0 Å². The van der Waals surface area contributed by atoms with Gasteiger partial charge in [0.15, 0.2) is 11.5 Å². The van der Waals surface area contributed by atoms with Crippen LogP contribution in [0.15, 0.2) is 67.0 Å². The number of carbonyl (C=O) groups excluding carboxylic acids is 2. The molecule has 2 fully saturated rings. The van der Waals surface area contributed by atoms with Crippen molar-refractivity contribution in [2.24, 2.45) is 0 Å². The number of pyridine rings is 1. The van der Waals surface area contributed by atoms with E-state index in [0.29, 0.717) is 48.9 Å². The Bertz CT molecular complexity index is 1360. The Labute approximate surface area is 259 Å². The zero-order valence-electron chi connectivity index (χ0n) is 25.1. The van der Waals surface area contributed by atoms with E-state index in [9.17, 15) is 9.59 Å². The van der Waals surface area contributed by atoms with Crippen molar-refractivity contribution in [2.45, 2.75) is 36.5 Å². The highest BCUT2D eigenvalue weighted by molar-refractivity contribution is 5.96. The van der Waals surface area contributed by atoms with Gasteiger partial charge in [-0.1, -0.05) is 36.4 Å². The van der Waals surface area contributed by atoms with E-state index < -0.39 is 5.41 Å². The van der Waals surface area contributed by atoms with Crippen molar-refractivity contribution in [1.29, 1.82) is 0 Å². The molecule has 230 valence electrons. The third-order valence-electron chi connectivity index (χ3n) is 8.93. The fourth-order valence-electron chi connectivity index (χ4n) is 6.54. The largest absolute Gasteiger partial charge is 0.493 e. The third-order valence-corrected chi connectivity index (χ3v) is 8.93. The van der Waals surface area contributed by atoms with Gasteiger partial charge in [-0.3, -0.25) is 14.6 Å². The minimum absolute atomic E-state index is 0. The molecule has 0 bridgehead atoms. The molecule has 9 nitrogen and oxygen atoms in total. The van der Waals surface area contributed by atoms with Crippen LogP contribution in [0.4, 0.5) is 0 Å². The average Bonchev–Trinajstić information content (AvgIpc) is 3.50. The number of nitrogens with one attached hydrogen (secondary N) is 2. The Morgan fingerprint density at radius 1 is 0.930 bits per heavy atom. The Kier molecular flexibility index (Phi) is 10.5. The molecule has 1 aromatic heterocycles. The number of amides is 2. The van der Waals surface area contributed by atoms with E-state index in [1.165, 1.54) is 21.3 Å². The number of ether oxygens (including phenoxy) is 3. The summed E-state index contributed by atoms with van der Waals surface area (Å²) in [6, 6.07) is 17.5. The van der Waals surface area contributed by atoms with Crippen LogP contribution in [0.5, 0.6) is 17.2 Å². The zero-order chi connectivity index (χ0) is 29.6. The predicted molar refractivity (Wildman–Crippen MR) is 168 cm³/mol. The minimum Gasteiger partial charge on any atom is -0.493 e. The quantitative estimate of drug-likeness (QED) is 0.357. The lowest BCUT2D eigenvalue weighted by Crippen LogP contribution is -2.51. The van der Waals surface area contributed by atoms with Crippen molar-refractivity contribution in [3.63, 3.8) is 0 Å². The SMILES string of the molecule is COc1cc(C(=O)N2CCC(CCNC(=O)C3(c4ccccc4)CCNCC3)(c3cccnc3)C2)cc(OC)c1OC.Cl. The van der Waals surface area contributed by atoms with Gasteiger partial charge in [-0.2, -0.15) is 0 Å². The summed E-state index contributed by atoms with van der Waals surface area (Å²) in [5.41, 5.74) is 1.72. The Morgan fingerprint density at radius 2 is 1.60 bits per heavy atom. The fraction of sp³-hybridized carbons (Fsp3) is 0.424. The van der Waals surface area contributed by atoms with Gasteiger partial charge in [-0.05, 0) is 68.1 Å². The molecular weight excluding hydrogens is 568 g/mol. The Hall–Kier alpha value is -3.82. The predicted octanol–water partition coefficient (Wildman–Crippen LogP) is 4.14. The Morgan fingerprint density at radius 3 is 2.21 bits per heavy atom. The molecule has 2 N–H and O–H groups in total. The summed E-state index contributed by atoms with van der Waals surface area (Å²) in [6.45, 7) is 3.21. The van der Waals surface area contributed by atoms with Crippen LogP contribution in [0.1, 0.15) is 47.2 Å². The van der Waals surface area contributed by atoms with Crippen molar-refractivity contribution < 1.29 is 23.8 Å². The summed E-state index contributed by atoms with van der Waals surface area (Å²) in [7, 11) is 4.61. The monoisotopic (exact) mass is 608 g/mol. The number of benzene rings is 2. The summed E-state index contributed by atoms with van der Waals surface area (Å²) in [4.78, 5) is 33.8. The van der Waals surface area contributed by atoms with E-state index in [1.807, 2.05) is 35.4 Å². The molecule has 0 radical (unpaired) electrons. The minimum atomic E-state index is -0.544. The maximum absolute atomic E-state index is 13.8. The second-order valence-electron chi connectivity index (χ2n) is 11.1. The molecule has 2 aliphatic rings. The molecule has 10 heteroatoms. The molecule has 0 spiro atoms. The molecule has 2 saturated heterocycles. The first-order chi connectivity index (χ1) is 20.5. The summed E-state index contributed by atoms with van der Waals surface area (Å²) in [6.07, 6.45) is 6.60. The average molecular weight is 609 g/mol. The van der Waals surface area contributed by atoms with E-state index in [2.05, 4.69) is 33.8 Å². The van der Waals surface area contributed by atoms with Gasteiger partial charge in [0.25, 0.3) is 5.91 Å². The van der Waals surface area contributed by atoms with Gasteiger partial charge in [0.05, 0.1) is 26.7 Å². The lowest BCUT2D eigenvalue weighted by molar-refractivity contribution is -0.127. The summed E-state index contributed by atoms with van der Waals surface area (Å²) >= 11 is 0. The highest BCUT2D eigenvalue weighted by Gasteiger charge is 2.44. The van der Waals surface area contributed by atoms with Crippen molar-refractivity contribution in [3.8, 4) is 17.2 Å². The molecule has 0 saturated carbocycles. The van der Waals surface area contributed by atoms with Gasteiger partial charge < -0.3 is 29.7 Å². The van der Waals surface area contributed by atoms with Gasteiger partial charge in [0.1, 0.15) is 0 Å². The molecule has 2 aliphatic heterocycles. The highest BCUT2D eigenvalue weighted by atomic mass is 35.5. The van der Waals surface area contributed by atoms with E-state index in [0.717, 1.165) is 43.5 Å². The molecule has 1 atom stereocenters. The second kappa shape index (κ2) is 14.1.